The number of carbonyl (C=O) groups is 3. The summed E-state index contributed by atoms with van der Waals surface area (Å²) in [5.74, 6) is 0.304. The van der Waals surface area contributed by atoms with E-state index in [1.807, 2.05) is 12.2 Å². The minimum atomic E-state index is -1.28. The van der Waals surface area contributed by atoms with Crippen molar-refractivity contribution < 1.29 is 29.0 Å². The Kier molecular flexibility index (Phi) is 9.47. The predicted molar refractivity (Wildman–Crippen MR) is 143 cm³/mol. The molecule has 0 spiro atoms. The first-order valence-electron chi connectivity index (χ1n) is 12.1. The van der Waals surface area contributed by atoms with E-state index in [2.05, 4.69) is 40.3 Å². The number of carbonyl (C=O) groups excluding carboxylic acids is 2. The Labute approximate surface area is 217 Å². The van der Waals surface area contributed by atoms with Gasteiger partial charge in [0.05, 0.1) is 24.5 Å². The van der Waals surface area contributed by atoms with Crippen LogP contribution in [0.1, 0.15) is 31.1 Å². The number of benzene rings is 1. The van der Waals surface area contributed by atoms with Gasteiger partial charge in [-0.3, -0.25) is 10.1 Å². The molecule has 4 N–H and O–H groups in total. The van der Waals surface area contributed by atoms with Crippen molar-refractivity contribution in [3.63, 3.8) is 0 Å². The lowest BCUT2D eigenvalue weighted by molar-refractivity contribution is -0.116. The van der Waals surface area contributed by atoms with Crippen molar-refractivity contribution in [3.8, 4) is 11.3 Å². The molecule has 12 heteroatoms. The first-order valence-corrected chi connectivity index (χ1v) is 15.8. The number of aromatic nitrogens is 2. The zero-order valence-corrected chi connectivity index (χ0v) is 22.7. The fourth-order valence-corrected chi connectivity index (χ4v) is 4.51. The number of carboxylic acid groups (broad SMARTS) is 1. The zero-order chi connectivity index (χ0) is 27.0. The zero-order valence-electron chi connectivity index (χ0n) is 21.7. The lowest BCUT2D eigenvalue weighted by Crippen LogP contribution is -2.29. The SMILES string of the molecule is COC(=O)Nc1ccc2c(c1)NC(=O)CC/C=C/C[C@H](NC(=O)O)c1nc-2cn1COCC[Si](C)(C)C. The number of hydrogen-bond donors (Lipinski definition) is 4. The van der Waals surface area contributed by atoms with Crippen molar-refractivity contribution in [1.82, 2.24) is 14.9 Å². The van der Waals surface area contributed by atoms with Gasteiger partial charge in [-0.15, -0.1) is 0 Å². The van der Waals surface area contributed by atoms with E-state index in [-0.39, 0.29) is 19.1 Å². The van der Waals surface area contributed by atoms with Gasteiger partial charge >= 0.3 is 12.2 Å². The first kappa shape index (κ1) is 27.9. The average Bonchev–Trinajstić information content (AvgIpc) is 3.23. The van der Waals surface area contributed by atoms with E-state index in [0.717, 1.165) is 6.04 Å². The van der Waals surface area contributed by atoms with Gasteiger partial charge in [0.15, 0.2) is 0 Å². The van der Waals surface area contributed by atoms with Crippen LogP contribution < -0.4 is 16.0 Å². The third-order valence-electron chi connectivity index (χ3n) is 5.72. The van der Waals surface area contributed by atoms with E-state index >= 15 is 0 Å². The Balaban J connectivity index is 2.04. The van der Waals surface area contributed by atoms with Crippen molar-refractivity contribution in [2.45, 2.75) is 57.7 Å². The fraction of sp³-hybridized carbons (Fsp3) is 0.440. The number of anilines is 2. The van der Waals surface area contributed by atoms with Crippen LogP contribution in [0.2, 0.25) is 25.7 Å². The Morgan fingerprint density at radius 1 is 1.27 bits per heavy atom. The molecule has 1 aromatic carbocycles. The average molecular weight is 530 g/mol. The van der Waals surface area contributed by atoms with Crippen molar-refractivity contribution in [2.75, 3.05) is 24.4 Å². The number of methoxy groups -OCH3 is 1. The van der Waals surface area contributed by atoms with E-state index < -0.39 is 26.3 Å². The third kappa shape index (κ3) is 8.46. The highest BCUT2D eigenvalue weighted by molar-refractivity contribution is 6.76. The second-order valence-electron chi connectivity index (χ2n) is 9.98. The van der Waals surface area contributed by atoms with Gasteiger partial charge < -0.3 is 29.8 Å². The Morgan fingerprint density at radius 2 is 2.05 bits per heavy atom. The third-order valence-corrected chi connectivity index (χ3v) is 7.43. The van der Waals surface area contributed by atoms with Crippen LogP contribution >= 0.6 is 0 Å². The van der Waals surface area contributed by atoms with Crippen molar-refractivity contribution in [1.29, 1.82) is 0 Å². The van der Waals surface area contributed by atoms with Crippen LogP contribution in [0.25, 0.3) is 11.3 Å². The van der Waals surface area contributed by atoms with Gasteiger partial charge in [-0.25, -0.2) is 14.6 Å². The van der Waals surface area contributed by atoms with Crippen LogP contribution in [0, 0.1) is 0 Å². The predicted octanol–water partition coefficient (Wildman–Crippen LogP) is 5.03. The topological polar surface area (TPSA) is 144 Å². The van der Waals surface area contributed by atoms with Crippen LogP contribution in [-0.4, -0.2) is 54.5 Å². The minimum Gasteiger partial charge on any atom is -0.465 e. The monoisotopic (exact) mass is 529 g/mol. The van der Waals surface area contributed by atoms with E-state index in [1.165, 1.54) is 7.11 Å². The van der Waals surface area contributed by atoms with Crippen molar-refractivity contribution >= 4 is 37.5 Å². The molecule has 200 valence electrons. The molecular formula is C25H35N5O6Si. The molecule has 0 saturated carbocycles. The molecule has 0 unspecified atom stereocenters. The van der Waals surface area contributed by atoms with E-state index in [9.17, 15) is 19.5 Å². The Morgan fingerprint density at radius 3 is 2.76 bits per heavy atom. The smallest absolute Gasteiger partial charge is 0.411 e. The van der Waals surface area contributed by atoms with Gasteiger partial charge in [-0.05, 0) is 37.1 Å². The summed E-state index contributed by atoms with van der Waals surface area (Å²) in [4.78, 5) is 40.7. The maximum Gasteiger partial charge on any atom is 0.411 e. The molecule has 3 rings (SSSR count). The number of fused-ring (bicyclic) bond motifs is 4. The molecule has 2 aromatic rings. The van der Waals surface area contributed by atoms with Gasteiger partial charge in [0.25, 0.3) is 0 Å². The largest absolute Gasteiger partial charge is 0.465 e. The summed E-state index contributed by atoms with van der Waals surface area (Å²) < 4.78 is 12.4. The van der Waals surface area contributed by atoms with E-state index in [1.54, 1.807) is 29.0 Å². The minimum absolute atomic E-state index is 0.199. The van der Waals surface area contributed by atoms with E-state index in [4.69, 9.17) is 9.72 Å². The molecule has 3 amide bonds. The summed E-state index contributed by atoms with van der Waals surface area (Å²) in [7, 11) is -0.0159. The molecule has 2 bridgehead atoms. The second kappa shape index (κ2) is 12.5. The highest BCUT2D eigenvalue weighted by Gasteiger charge is 2.23. The van der Waals surface area contributed by atoms with Crippen LogP contribution in [0.4, 0.5) is 21.0 Å². The van der Waals surface area contributed by atoms with Crippen LogP contribution in [0.15, 0.2) is 36.5 Å². The lowest BCUT2D eigenvalue weighted by atomic mass is 10.1. The fourth-order valence-electron chi connectivity index (χ4n) is 3.76. The number of nitrogens with zero attached hydrogens (tertiary/aromatic N) is 2. The van der Waals surface area contributed by atoms with Gasteiger partial charge in [0.2, 0.25) is 5.91 Å². The number of amides is 3. The molecule has 0 fully saturated rings. The summed E-state index contributed by atoms with van der Waals surface area (Å²) in [5.41, 5.74) is 2.05. The number of ether oxygens (including phenoxy) is 2. The molecule has 1 aliphatic heterocycles. The van der Waals surface area contributed by atoms with Gasteiger partial charge in [0.1, 0.15) is 12.6 Å². The number of imidazole rings is 1. The molecular weight excluding hydrogens is 494 g/mol. The van der Waals surface area contributed by atoms with Gasteiger partial charge in [0, 0.05) is 38.5 Å². The summed E-state index contributed by atoms with van der Waals surface area (Å²) in [6.07, 6.45) is 4.79. The number of rotatable bonds is 7. The molecule has 1 aromatic heterocycles. The molecule has 37 heavy (non-hydrogen) atoms. The molecule has 0 aliphatic carbocycles. The van der Waals surface area contributed by atoms with Crippen LogP contribution in [-0.2, 0) is 21.0 Å². The quantitative estimate of drug-likeness (QED) is 0.224. The lowest BCUT2D eigenvalue weighted by Gasteiger charge is -2.18. The normalized spacial score (nSPS) is 16.8. The number of allylic oxidation sites excluding steroid dienone is 1. The maximum atomic E-state index is 12.6. The van der Waals surface area contributed by atoms with E-state index in [0.29, 0.717) is 47.9 Å². The standard InChI is InChI=1S/C25H35N5O6Si/c1-35-25(34)26-17-10-11-18-20(14-17)27-22(31)9-7-5-6-8-19(29-24(32)33)23-28-21(18)15-30(23)16-36-12-13-37(2,3)4/h5-6,10-11,14-15,19,29H,7-9,12-13,16H2,1-4H3,(H,26,34)(H,27,31)(H,32,33)/b6-5+/t19-/m0/s1. The summed E-state index contributed by atoms with van der Waals surface area (Å²) >= 11 is 0. The first-order chi connectivity index (χ1) is 17.6. The molecule has 11 nitrogen and oxygen atoms in total. The molecule has 0 saturated heterocycles. The Hall–Kier alpha value is -3.64. The molecule has 2 heterocycles. The Bertz CT molecular complexity index is 1160. The molecule has 0 radical (unpaired) electrons. The summed E-state index contributed by atoms with van der Waals surface area (Å²) in [5, 5.41) is 17.5. The maximum absolute atomic E-state index is 12.6. The second-order valence-corrected chi connectivity index (χ2v) is 15.6. The van der Waals surface area contributed by atoms with Gasteiger partial charge in [-0.2, -0.15) is 0 Å². The van der Waals surface area contributed by atoms with Crippen molar-refractivity contribution in [3.05, 3.63) is 42.4 Å². The number of hydrogen-bond acceptors (Lipinski definition) is 6. The summed E-state index contributed by atoms with van der Waals surface area (Å²) in [6, 6.07) is 5.43. The number of nitrogens with one attached hydrogen (secondary N) is 3. The highest BCUT2D eigenvalue weighted by Crippen LogP contribution is 2.32. The summed E-state index contributed by atoms with van der Waals surface area (Å²) in [6.45, 7) is 7.62. The molecule has 1 aliphatic rings. The van der Waals surface area contributed by atoms with Crippen LogP contribution in [0.3, 0.4) is 0 Å². The highest BCUT2D eigenvalue weighted by atomic mass is 28.3. The van der Waals surface area contributed by atoms with Gasteiger partial charge in [-0.1, -0.05) is 31.8 Å². The van der Waals surface area contributed by atoms with Crippen LogP contribution in [0.5, 0.6) is 0 Å². The molecule has 1 atom stereocenters. The van der Waals surface area contributed by atoms with Crippen molar-refractivity contribution in [2.24, 2.45) is 0 Å².